The number of benzene rings is 2. The highest BCUT2D eigenvalue weighted by Gasteiger charge is 2.22. The van der Waals surface area contributed by atoms with E-state index in [0.29, 0.717) is 21.7 Å². The summed E-state index contributed by atoms with van der Waals surface area (Å²) in [5, 5.41) is 12.6. The minimum atomic E-state index is -3.88. The summed E-state index contributed by atoms with van der Waals surface area (Å²) in [4.78, 5) is 17.0. The van der Waals surface area contributed by atoms with Crippen molar-refractivity contribution in [3.63, 3.8) is 0 Å². The third kappa shape index (κ3) is 5.00. The number of sulfonamides is 1. The average Bonchev–Trinajstić information content (AvgIpc) is 3.23. The van der Waals surface area contributed by atoms with E-state index in [1.54, 1.807) is 18.2 Å². The number of aliphatic hydroxyl groups is 1. The van der Waals surface area contributed by atoms with Crippen molar-refractivity contribution in [1.82, 2.24) is 9.79 Å². The van der Waals surface area contributed by atoms with Gasteiger partial charge in [0.05, 0.1) is 12.0 Å². The van der Waals surface area contributed by atoms with Crippen LogP contribution in [0.1, 0.15) is 10.4 Å². The first-order valence-corrected chi connectivity index (χ1v) is 10.4. The third-order valence-electron chi connectivity index (χ3n) is 4.27. The molecule has 0 saturated heterocycles. The van der Waals surface area contributed by atoms with Gasteiger partial charge >= 0.3 is 0 Å². The van der Waals surface area contributed by atoms with Crippen LogP contribution in [0.15, 0.2) is 47.4 Å². The van der Waals surface area contributed by atoms with Crippen LogP contribution in [-0.2, 0) is 14.9 Å². The number of hydrogen-bond donors (Lipinski definition) is 2. The number of hydroxylamine groups is 1. The lowest BCUT2D eigenvalue weighted by molar-refractivity contribution is -0.0258. The number of aliphatic hydroxyl groups excluding tert-OH is 1. The van der Waals surface area contributed by atoms with Gasteiger partial charge in [0.2, 0.25) is 6.79 Å². The molecule has 1 amide bonds. The van der Waals surface area contributed by atoms with Crippen molar-refractivity contribution in [3.8, 4) is 17.2 Å². The van der Waals surface area contributed by atoms with Crippen molar-refractivity contribution < 1.29 is 37.4 Å². The van der Waals surface area contributed by atoms with E-state index in [-0.39, 0.29) is 30.4 Å². The molecule has 30 heavy (non-hydrogen) atoms. The van der Waals surface area contributed by atoms with E-state index >= 15 is 0 Å². The SMILES string of the molecule is CON(C)S(=O)(=O)c1cccc(C(=O)NCC(O)COc2ccc3c(c2)OCO3)c1. The van der Waals surface area contributed by atoms with E-state index in [1.807, 2.05) is 0 Å². The fourth-order valence-corrected chi connectivity index (χ4v) is 3.59. The predicted molar refractivity (Wildman–Crippen MR) is 105 cm³/mol. The maximum atomic E-state index is 12.3. The highest BCUT2D eigenvalue weighted by atomic mass is 32.2. The second kappa shape index (κ2) is 9.30. The molecule has 2 N–H and O–H groups in total. The van der Waals surface area contributed by atoms with Crippen LogP contribution in [0.4, 0.5) is 0 Å². The van der Waals surface area contributed by atoms with Crippen LogP contribution in [-0.4, -0.2) is 64.1 Å². The van der Waals surface area contributed by atoms with E-state index in [2.05, 4.69) is 5.32 Å². The fourth-order valence-electron chi connectivity index (χ4n) is 2.57. The maximum absolute atomic E-state index is 12.3. The largest absolute Gasteiger partial charge is 0.491 e. The lowest BCUT2D eigenvalue weighted by atomic mass is 10.2. The number of carbonyl (C=O) groups is 1. The Morgan fingerprint density at radius 2 is 2.00 bits per heavy atom. The van der Waals surface area contributed by atoms with Crippen molar-refractivity contribution in [1.29, 1.82) is 0 Å². The molecule has 0 saturated carbocycles. The molecule has 1 aliphatic rings. The van der Waals surface area contributed by atoms with Gasteiger partial charge in [-0.2, -0.15) is 0 Å². The normalized spacial score (nSPS) is 13.9. The van der Waals surface area contributed by atoms with Gasteiger partial charge in [-0.05, 0) is 30.3 Å². The van der Waals surface area contributed by atoms with Crippen molar-refractivity contribution in [2.45, 2.75) is 11.0 Å². The number of amides is 1. The van der Waals surface area contributed by atoms with Crippen LogP contribution in [0.3, 0.4) is 0 Å². The molecule has 11 heteroatoms. The van der Waals surface area contributed by atoms with E-state index < -0.39 is 22.0 Å². The summed E-state index contributed by atoms with van der Waals surface area (Å²) in [6, 6.07) is 10.5. The highest BCUT2D eigenvalue weighted by molar-refractivity contribution is 7.89. The Bertz CT molecular complexity index is 1010. The van der Waals surface area contributed by atoms with Crippen LogP contribution in [0, 0.1) is 0 Å². The number of carbonyl (C=O) groups excluding carboxylic acids is 1. The number of ether oxygens (including phenoxy) is 3. The molecule has 162 valence electrons. The van der Waals surface area contributed by atoms with Crippen LogP contribution >= 0.6 is 0 Å². The molecule has 0 aromatic heterocycles. The van der Waals surface area contributed by atoms with Crippen molar-refractivity contribution in [2.75, 3.05) is 34.1 Å². The van der Waals surface area contributed by atoms with Gasteiger partial charge in [0.15, 0.2) is 11.5 Å². The molecule has 10 nitrogen and oxygen atoms in total. The van der Waals surface area contributed by atoms with Crippen molar-refractivity contribution in [3.05, 3.63) is 48.0 Å². The minimum absolute atomic E-state index is 0.0625. The molecule has 3 rings (SSSR count). The zero-order valence-electron chi connectivity index (χ0n) is 16.4. The van der Waals surface area contributed by atoms with Gasteiger partial charge in [0.25, 0.3) is 15.9 Å². The second-order valence-corrected chi connectivity index (χ2v) is 8.25. The zero-order valence-corrected chi connectivity index (χ0v) is 17.2. The Morgan fingerprint density at radius 1 is 1.23 bits per heavy atom. The molecule has 1 heterocycles. The van der Waals surface area contributed by atoms with Crippen LogP contribution in [0.5, 0.6) is 17.2 Å². The monoisotopic (exact) mass is 438 g/mol. The first-order valence-electron chi connectivity index (χ1n) is 8.93. The number of fused-ring (bicyclic) bond motifs is 1. The number of nitrogens with zero attached hydrogens (tertiary/aromatic N) is 1. The Kier molecular flexibility index (Phi) is 6.77. The van der Waals surface area contributed by atoms with Crippen molar-refractivity contribution in [2.24, 2.45) is 0 Å². The fraction of sp³-hybridized carbons (Fsp3) is 0.316. The second-order valence-electron chi connectivity index (χ2n) is 6.32. The van der Waals surface area contributed by atoms with Gasteiger partial charge in [-0.25, -0.2) is 8.42 Å². The number of hydrogen-bond acceptors (Lipinski definition) is 8. The van der Waals surface area contributed by atoms with E-state index in [4.69, 9.17) is 19.0 Å². The van der Waals surface area contributed by atoms with E-state index in [9.17, 15) is 18.3 Å². The third-order valence-corrected chi connectivity index (χ3v) is 5.95. The Labute approximate surface area is 173 Å². The zero-order chi connectivity index (χ0) is 21.7. The van der Waals surface area contributed by atoms with Gasteiger partial charge < -0.3 is 24.6 Å². The molecule has 1 aliphatic heterocycles. The first kappa shape index (κ1) is 21.8. The van der Waals surface area contributed by atoms with Crippen LogP contribution in [0.25, 0.3) is 0 Å². The molecule has 0 spiro atoms. The summed E-state index contributed by atoms with van der Waals surface area (Å²) in [6.45, 7) is 0.00299. The summed E-state index contributed by atoms with van der Waals surface area (Å²) >= 11 is 0. The molecule has 2 aromatic rings. The van der Waals surface area contributed by atoms with E-state index in [1.165, 1.54) is 38.4 Å². The van der Waals surface area contributed by atoms with E-state index in [0.717, 1.165) is 0 Å². The predicted octanol–water partition coefficient (Wildman–Crippen LogP) is 0.767. The highest BCUT2D eigenvalue weighted by Crippen LogP contribution is 2.35. The minimum Gasteiger partial charge on any atom is -0.491 e. The molecule has 2 aromatic carbocycles. The lowest BCUT2D eigenvalue weighted by Crippen LogP contribution is -2.35. The number of nitrogens with one attached hydrogen (secondary N) is 1. The topological polar surface area (TPSA) is 124 Å². The molecule has 1 unspecified atom stereocenters. The van der Waals surface area contributed by atoms with Crippen molar-refractivity contribution >= 4 is 15.9 Å². The smallest absolute Gasteiger partial charge is 0.264 e. The summed E-state index contributed by atoms with van der Waals surface area (Å²) in [6.07, 6.45) is -0.981. The Morgan fingerprint density at radius 3 is 2.77 bits per heavy atom. The Hall–Kier alpha value is -2.86. The van der Waals surface area contributed by atoms with Gasteiger partial charge in [0.1, 0.15) is 18.5 Å². The molecule has 1 atom stereocenters. The van der Waals surface area contributed by atoms with Gasteiger partial charge in [-0.1, -0.05) is 10.5 Å². The quantitative estimate of drug-likeness (QED) is 0.550. The summed E-state index contributed by atoms with van der Waals surface area (Å²) < 4.78 is 41.2. The Balaban J connectivity index is 1.53. The maximum Gasteiger partial charge on any atom is 0.264 e. The molecule has 0 bridgehead atoms. The molecular formula is C19H22N2O8S. The van der Waals surface area contributed by atoms with Gasteiger partial charge in [-0.3, -0.25) is 9.63 Å². The number of rotatable bonds is 9. The standard InChI is InChI=1S/C19H22N2O8S/c1-21(26-2)30(24,25)16-5-3-4-13(8-16)19(23)20-10-14(22)11-27-15-6-7-17-18(9-15)29-12-28-17/h3-9,14,22H,10-12H2,1-2H3,(H,20,23). The van der Waals surface area contributed by atoms with Gasteiger partial charge in [-0.15, -0.1) is 0 Å². The average molecular weight is 438 g/mol. The summed E-state index contributed by atoms with van der Waals surface area (Å²) in [5.74, 6) is 1.14. The molecule has 0 radical (unpaired) electrons. The lowest BCUT2D eigenvalue weighted by Gasteiger charge is -2.15. The molecule has 0 aliphatic carbocycles. The summed E-state index contributed by atoms with van der Waals surface area (Å²) in [5.41, 5.74) is 0.129. The van der Waals surface area contributed by atoms with Crippen LogP contribution in [0.2, 0.25) is 0 Å². The molecule has 0 fully saturated rings. The summed E-state index contributed by atoms with van der Waals surface area (Å²) in [7, 11) is -1.41. The first-order chi connectivity index (χ1) is 14.3. The molecular weight excluding hydrogens is 416 g/mol. The van der Waals surface area contributed by atoms with Gasteiger partial charge in [0, 0.05) is 25.2 Å². The van der Waals surface area contributed by atoms with Crippen LogP contribution < -0.4 is 19.5 Å².